The van der Waals surface area contributed by atoms with E-state index in [4.69, 9.17) is 0 Å². The third-order valence-electron chi connectivity index (χ3n) is 13.1. The van der Waals surface area contributed by atoms with Gasteiger partial charge in [-0.3, -0.25) is 0 Å². The van der Waals surface area contributed by atoms with E-state index in [-0.39, 0.29) is 0 Å². The highest BCUT2D eigenvalue weighted by Crippen LogP contribution is 2.52. The van der Waals surface area contributed by atoms with Gasteiger partial charge in [0.25, 0.3) is 0 Å². The van der Waals surface area contributed by atoms with Crippen molar-refractivity contribution in [3.8, 4) is 44.5 Å². The van der Waals surface area contributed by atoms with Crippen molar-refractivity contribution in [3.05, 3.63) is 237 Å². The molecule has 65 heavy (non-hydrogen) atoms. The van der Waals surface area contributed by atoms with Gasteiger partial charge in [0.2, 0.25) is 0 Å². The molecule has 0 amide bonds. The first-order chi connectivity index (χ1) is 32.2. The van der Waals surface area contributed by atoms with E-state index in [9.17, 15) is 0 Å². The molecule has 0 aliphatic rings. The van der Waals surface area contributed by atoms with Crippen LogP contribution in [-0.2, 0) is 0 Å². The maximum atomic E-state index is 2.53. The van der Waals surface area contributed by atoms with E-state index in [1.807, 2.05) is 22.7 Å². The van der Waals surface area contributed by atoms with Gasteiger partial charge in [-0.2, -0.15) is 0 Å². The molecule has 2 aromatic heterocycles. The standard InChI is InChI=1S/C62H39NS2/c1-2-16-41(17-3-1)46-20-4-7-25-53(46)60-54-26-8-5-21-48(54)49-22-6-9-27-55(49)61(60)63(44-35-32-40(33-36-44)42-34-37-52-50-23-10-12-30-57(50)64-59(52)39-42)45-19-14-18-43(38-45)47-28-15-29-56-51-24-11-13-31-58(51)65-62(47)56/h1-39H. The first-order valence-electron chi connectivity index (χ1n) is 22.2. The first-order valence-corrected chi connectivity index (χ1v) is 23.8. The van der Waals surface area contributed by atoms with Gasteiger partial charge < -0.3 is 4.90 Å². The van der Waals surface area contributed by atoms with Crippen molar-refractivity contribution in [2.75, 3.05) is 4.90 Å². The Morgan fingerprint density at radius 1 is 0.262 bits per heavy atom. The SMILES string of the molecule is c1ccc(-c2ccccc2-c2c(N(c3ccc(-c4ccc5c(c4)sc4ccccc45)cc3)c3cccc(-c4cccc5c4sc4ccccc45)c3)c3ccccc3c3ccccc23)cc1. The van der Waals surface area contributed by atoms with E-state index >= 15 is 0 Å². The van der Waals surface area contributed by atoms with E-state index in [0.29, 0.717) is 0 Å². The fourth-order valence-electron chi connectivity index (χ4n) is 10.1. The second-order valence-corrected chi connectivity index (χ2v) is 18.9. The van der Waals surface area contributed by atoms with E-state index < -0.39 is 0 Å². The first kappa shape index (κ1) is 37.7. The largest absolute Gasteiger partial charge is 0.309 e. The van der Waals surface area contributed by atoms with Gasteiger partial charge in [0.1, 0.15) is 0 Å². The summed E-state index contributed by atoms with van der Waals surface area (Å²) in [6.07, 6.45) is 0. The van der Waals surface area contributed by atoms with Gasteiger partial charge in [0.05, 0.1) is 5.69 Å². The Kier molecular flexibility index (Phi) is 8.97. The Morgan fingerprint density at radius 3 is 1.58 bits per heavy atom. The molecule has 0 aliphatic carbocycles. The lowest BCUT2D eigenvalue weighted by Gasteiger charge is -2.31. The lowest BCUT2D eigenvalue weighted by Crippen LogP contribution is -2.12. The molecule has 0 fully saturated rings. The van der Waals surface area contributed by atoms with Gasteiger partial charge in [-0.1, -0.05) is 194 Å². The Balaban J connectivity index is 1.08. The van der Waals surface area contributed by atoms with Crippen molar-refractivity contribution in [2.24, 2.45) is 0 Å². The van der Waals surface area contributed by atoms with Crippen molar-refractivity contribution >= 4 is 102 Å². The summed E-state index contributed by atoms with van der Waals surface area (Å²) in [4.78, 5) is 2.53. The van der Waals surface area contributed by atoms with Crippen molar-refractivity contribution in [3.63, 3.8) is 0 Å². The highest BCUT2D eigenvalue weighted by atomic mass is 32.1. The monoisotopic (exact) mass is 861 g/mol. The molecule has 0 saturated heterocycles. The molecule has 0 bridgehead atoms. The smallest absolute Gasteiger partial charge is 0.0625 e. The molecule has 0 atom stereocenters. The molecular formula is C62H39NS2. The van der Waals surface area contributed by atoms with Crippen molar-refractivity contribution < 1.29 is 0 Å². The predicted molar refractivity (Wildman–Crippen MR) is 284 cm³/mol. The fraction of sp³-hybridized carbons (Fsp3) is 0. The average Bonchev–Trinajstić information content (AvgIpc) is 3.95. The quantitative estimate of drug-likeness (QED) is 0.144. The van der Waals surface area contributed by atoms with Gasteiger partial charge in [0, 0.05) is 62.7 Å². The van der Waals surface area contributed by atoms with Crippen LogP contribution in [0.4, 0.5) is 17.1 Å². The molecule has 0 saturated carbocycles. The maximum Gasteiger partial charge on any atom is 0.0625 e. The van der Waals surface area contributed by atoms with Crippen LogP contribution < -0.4 is 4.90 Å². The molecule has 3 heteroatoms. The predicted octanol–water partition coefficient (Wildman–Crippen LogP) is 18.9. The summed E-state index contributed by atoms with van der Waals surface area (Å²) in [7, 11) is 0. The summed E-state index contributed by atoms with van der Waals surface area (Å²) >= 11 is 3.75. The summed E-state index contributed by atoms with van der Waals surface area (Å²) in [6, 6.07) is 87.4. The summed E-state index contributed by atoms with van der Waals surface area (Å²) in [5.41, 5.74) is 13.0. The van der Waals surface area contributed by atoms with Crippen LogP contribution in [-0.4, -0.2) is 0 Å². The van der Waals surface area contributed by atoms with Crippen LogP contribution >= 0.6 is 22.7 Å². The van der Waals surface area contributed by atoms with Gasteiger partial charge in [-0.15, -0.1) is 22.7 Å². The molecule has 13 rings (SSSR count). The zero-order valence-corrected chi connectivity index (χ0v) is 36.9. The minimum atomic E-state index is 1.09. The van der Waals surface area contributed by atoms with Crippen LogP contribution in [0.15, 0.2) is 237 Å². The van der Waals surface area contributed by atoms with Crippen molar-refractivity contribution in [1.82, 2.24) is 0 Å². The minimum absolute atomic E-state index is 1.09. The number of rotatable bonds is 7. The number of benzene rings is 11. The maximum absolute atomic E-state index is 2.53. The molecule has 11 aromatic carbocycles. The number of hydrogen-bond donors (Lipinski definition) is 0. The molecular weight excluding hydrogens is 823 g/mol. The number of nitrogens with zero attached hydrogens (tertiary/aromatic N) is 1. The number of fused-ring (bicyclic) bond motifs is 9. The Hall–Kier alpha value is -7.82. The minimum Gasteiger partial charge on any atom is -0.309 e. The second-order valence-electron chi connectivity index (χ2n) is 16.7. The lowest BCUT2D eigenvalue weighted by atomic mass is 9.86. The van der Waals surface area contributed by atoms with Crippen LogP contribution in [0.2, 0.25) is 0 Å². The Labute approximate surface area is 385 Å². The number of anilines is 3. The van der Waals surface area contributed by atoms with Crippen LogP contribution in [0.1, 0.15) is 0 Å². The topological polar surface area (TPSA) is 3.24 Å². The number of hydrogen-bond acceptors (Lipinski definition) is 3. The molecule has 2 heterocycles. The molecule has 0 aliphatic heterocycles. The van der Waals surface area contributed by atoms with Crippen LogP contribution in [0.5, 0.6) is 0 Å². The van der Waals surface area contributed by atoms with E-state index in [0.717, 1.165) is 17.1 Å². The zero-order chi connectivity index (χ0) is 42.8. The van der Waals surface area contributed by atoms with E-state index in [1.165, 1.54) is 106 Å². The van der Waals surface area contributed by atoms with E-state index in [2.05, 4.69) is 241 Å². The molecule has 0 N–H and O–H groups in total. The van der Waals surface area contributed by atoms with Gasteiger partial charge in [-0.05, 0) is 97.6 Å². The summed E-state index contributed by atoms with van der Waals surface area (Å²) in [5.74, 6) is 0. The normalized spacial score (nSPS) is 11.7. The van der Waals surface area contributed by atoms with Gasteiger partial charge in [-0.25, -0.2) is 0 Å². The third kappa shape index (κ3) is 6.27. The zero-order valence-electron chi connectivity index (χ0n) is 35.3. The summed E-state index contributed by atoms with van der Waals surface area (Å²) < 4.78 is 5.25. The van der Waals surface area contributed by atoms with Gasteiger partial charge >= 0.3 is 0 Å². The second kappa shape index (κ2) is 15.5. The van der Waals surface area contributed by atoms with Crippen molar-refractivity contribution in [2.45, 2.75) is 0 Å². The molecule has 1 nitrogen and oxygen atoms in total. The molecule has 0 unspecified atom stereocenters. The highest BCUT2D eigenvalue weighted by molar-refractivity contribution is 7.26. The number of thiophene rings is 2. The molecule has 0 radical (unpaired) electrons. The molecule has 304 valence electrons. The average molecular weight is 862 g/mol. The fourth-order valence-corrected chi connectivity index (χ4v) is 12.5. The molecule has 13 aromatic rings. The van der Waals surface area contributed by atoms with E-state index in [1.54, 1.807) is 0 Å². The summed E-state index contributed by atoms with van der Waals surface area (Å²) in [5, 5.41) is 10.1. The highest BCUT2D eigenvalue weighted by Gasteiger charge is 2.26. The summed E-state index contributed by atoms with van der Waals surface area (Å²) in [6.45, 7) is 0. The van der Waals surface area contributed by atoms with Crippen LogP contribution in [0.3, 0.4) is 0 Å². The van der Waals surface area contributed by atoms with Gasteiger partial charge in [0.15, 0.2) is 0 Å². The Bertz CT molecular complexity index is 3950. The lowest BCUT2D eigenvalue weighted by molar-refractivity contribution is 1.30. The van der Waals surface area contributed by atoms with Crippen molar-refractivity contribution in [1.29, 1.82) is 0 Å². The molecule has 0 spiro atoms. The van der Waals surface area contributed by atoms with Crippen LogP contribution in [0.25, 0.3) is 106 Å². The third-order valence-corrected chi connectivity index (χ3v) is 15.4. The van der Waals surface area contributed by atoms with Crippen LogP contribution in [0, 0.1) is 0 Å². The Morgan fingerprint density at radius 2 is 0.800 bits per heavy atom.